The Bertz CT molecular complexity index is 233. The van der Waals surface area contributed by atoms with Gasteiger partial charge in [0, 0.05) is 18.5 Å². The third-order valence-electron chi connectivity index (χ3n) is 4.00. The minimum Gasteiger partial charge on any atom is -0.375 e. The van der Waals surface area contributed by atoms with E-state index in [9.17, 15) is 0 Å². The summed E-state index contributed by atoms with van der Waals surface area (Å²) in [6, 6.07) is 0. The van der Waals surface area contributed by atoms with Crippen molar-refractivity contribution in [3.8, 4) is 0 Å². The zero-order valence-corrected chi connectivity index (χ0v) is 10.7. The highest BCUT2D eigenvalue weighted by molar-refractivity contribution is 5.00. The first-order chi connectivity index (χ1) is 6.91. The summed E-state index contributed by atoms with van der Waals surface area (Å²) in [6.07, 6.45) is 4.20. The molecular weight excluding hydrogens is 186 g/mol. The maximum absolute atomic E-state index is 6.04. The zero-order valence-electron chi connectivity index (χ0n) is 10.7. The monoisotopic (exact) mass is 211 g/mol. The molecule has 0 aromatic carbocycles. The van der Waals surface area contributed by atoms with Crippen molar-refractivity contribution in [1.29, 1.82) is 0 Å². The van der Waals surface area contributed by atoms with E-state index in [2.05, 4.69) is 32.7 Å². The Hall–Kier alpha value is -0.0800. The quantitative estimate of drug-likeness (QED) is 0.696. The van der Waals surface area contributed by atoms with Gasteiger partial charge in [-0.15, -0.1) is 0 Å². The molecule has 2 aliphatic rings. The topological polar surface area (TPSA) is 12.5 Å². The molecule has 15 heavy (non-hydrogen) atoms. The first-order valence-electron chi connectivity index (χ1n) is 6.24. The second kappa shape index (κ2) is 3.74. The molecule has 2 atom stereocenters. The minimum atomic E-state index is 0.0169. The predicted molar refractivity (Wildman–Crippen MR) is 63.0 cm³/mol. The molecule has 1 aliphatic carbocycles. The molecular formula is C13H25NO. The summed E-state index contributed by atoms with van der Waals surface area (Å²) < 4.78 is 6.04. The van der Waals surface area contributed by atoms with Gasteiger partial charge in [-0.1, -0.05) is 6.42 Å². The normalized spacial score (nSPS) is 37.2. The van der Waals surface area contributed by atoms with E-state index in [0.29, 0.717) is 5.41 Å². The third-order valence-corrected chi connectivity index (χ3v) is 4.00. The fraction of sp³-hybridized carbons (Fsp3) is 1.00. The fourth-order valence-corrected chi connectivity index (χ4v) is 3.28. The van der Waals surface area contributed by atoms with Gasteiger partial charge in [-0.2, -0.15) is 0 Å². The lowest BCUT2D eigenvalue weighted by molar-refractivity contribution is -0.0551. The predicted octanol–water partition coefficient (Wildman–Crippen LogP) is 2.53. The van der Waals surface area contributed by atoms with Crippen LogP contribution in [0.15, 0.2) is 0 Å². The van der Waals surface area contributed by atoms with Gasteiger partial charge in [0.2, 0.25) is 0 Å². The number of rotatable bonds is 2. The summed E-state index contributed by atoms with van der Waals surface area (Å²) in [5.41, 5.74) is 0.505. The Morgan fingerprint density at radius 3 is 2.80 bits per heavy atom. The SMILES string of the molecule is CN1CC2CCCC2(COC(C)(C)C)C1. The summed E-state index contributed by atoms with van der Waals surface area (Å²) in [4.78, 5) is 2.48. The average molecular weight is 211 g/mol. The molecule has 2 fully saturated rings. The van der Waals surface area contributed by atoms with Crippen LogP contribution >= 0.6 is 0 Å². The Morgan fingerprint density at radius 1 is 1.40 bits per heavy atom. The van der Waals surface area contributed by atoms with E-state index in [0.717, 1.165) is 12.5 Å². The first-order valence-corrected chi connectivity index (χ1v) is 6.24. The lowest BCUT2D eigenvalue weighted by Crippen LogP contribution is -2.35. The van der Waals surface area contributed by atoms with Gasteiger partial charge >= 0.3 is 0 Å². The van der Waals surface area contributed by atoms with Gasteiger partial charge in [-0.25, -0.2) is 0 Å². The van der Waals surface area contributed by atoms with Crippen molar-refractivity contribution in [3.05, 3.63) is 0 Å². The Balaban J connectivity index is 1.99. The molecule has 0 bridgehead atoms. The van der Waals surface area contributed by atoms with Crippen molar-refractivity contribution in [3.63, 3.8) is 0 Å². The lowest BCUT2D eigenvalue weighted by Gasteiger charge is -2.32. The number of ether oxygens (including phenoxy) is 1. The van der Waals surface area contributed by atoms with E-state index in [1.165, 1.54) is 32.4 Å². The van der Waals surface area contributed by atoms with Crippen molar-refractivity contribution in [2.24, 2.45) is 11.3 Å². The van der Waals surface area contributed by atoms with E-state index < -0.39 is 0 Å². The van der Waals surface area contributed by atoms with Crippen molar-refractivity contribution in [2.75, 3.05) is 26.7 Å². The van der Waals surface area contributed by atoms with Gasteiger partial charge in [0.15, 0.2) is 0 Å². The van der Waals surface area contributed by atoms with Gasteiger partial charge in [0.1, 0.15) is 0 Å². The van der Waals surface area contributed by atoms with Gasteiger partial charge in [0.25, 0.3) is 0 Å². The summed E-state index contributed by atoms with van der Waals surface area (Å²) in [6.45, 7) is 9.97. The van der Waals surface area contributed by atoms with Crippen molar-refractivity contribution in [2.45, 2.75) is 45.6 Å². The molecule has 1 heterocycles. The minimum absolute atomic E-state index is 0.0169. The Kier molecular flexibility index (Phi) is 2.85. The maximum atomic E-state index is 6.04. The van der Waals surface area contributed by atoms with Gasteiger partial charge < -0.3 is 9.64 Å². The third kappa shape index (κ3) is 2.36. The van der Waals surface area contributed by atoms with Crippen LogP contribution in [0.4, 0.5) is 0 Å². The molecule has 0 aromatic heterocycles. The first kappa shape index (κ1) is 11.4. The molecule has 0 aromatic rings. The number of fused-ring (bicyclic) bond motifs is 1. The van der Waals surface area contributed by atoms with Crippen LogP contribution in [0.2, 0.25) is 0 Å². The van der Waals surface area contributed by atoms with E-state index in [1.54, 1.807) is 0 Å². The van der Waals surface area contributed by atoms with Crippen molar-refractivity contribution < 1.29 is 4.74 Å². The summed E-state index contributed by atoms with van der Waals surface area (Å²) >= 11 is 0. The second-order valence-corrected chi connectivity index (χ2v) is 6.55. The number of likely N-dealkylation sites (tertiary alicyclic amines) is 1. The standard InChI is InChI=1S/C13H25NO/c1-12(2,3)15-10-13-7-5-6-11(13)8-14(4)9-13/h11H,5-10H2,1-4H3. The largest absolute Gasteiger partial charge is 0.375 e. The van der Waals surface area contributed by atoms with Crippen LogP contribution < -0.4 is 0 Å². The molecule has 0 N–H and O–H groups in total. The molecule has 0 spiro atoms. The maximum Gasteiger partial charge on any atom is 0.0598 e. The van der Waals surface area contributed by atoms with Crippen LogP contribution in [-0.4, -0.2) is 37.2 Å². The molecule has 88 valence electrons. The molecule has 1 aliphatic heterocycles. The highest BCUT2D eigenvalue weighted by Crippen LogP contribution is 2.48. The second-order valence-electron chi connectivity index (χ2n) is 6.55. The van der Waals surface area contributed by atoms with Gasteiger partial charge in [-0.05, 0) is 46.6 Å². The molecule has 2 heteroatoms. The Morgan fingerprint density at radius 2 is 2.13 bits per heavy atom. The van der Waals surface area contributed by atoms with E-state index in [-0.39, 0.29) is 5.60 Å². The lowest BCUT2D eigenvalue weighted by atomic mass is 9.81. The smallest absolute Gasteiger partial charge is 0.0598 e. The summed E-state index contributed by atoms with van der Waals surface area (Å²) in [5.74, 6) is 0.893. The van der Waals surface area contributed by atoms with E-state index >= 15 is 0 Å². The van der Waals surface area contributed by atoms with Crippen LogP contribution in [0.3, 0.4) is 0 Å². The molecule has 0 radical (unpaired) electrons. The molecule has 0 amide bonds. The molecule has 1 saturated heterocycles. The van der Waals surface area contributed by atoms with E-state index in [1.807, 2.05) is 0 Å². The highest BCUT2D eigenvalue weighted by Gasteiger charge is 2.48. The summed E-state index contributed by atoms with van der Waals surface area (Å²) in [7, 11) is 2.25. The number of hydrogen-bond donors (Lipinski definition) is 0. The average Bonchev–Trinajstić information content (AvgIpc) is 2.55. The van der Waals surface area contributed by atoms with Gasteiger partial charge in [-0.3, -0.25) is 0 Å². The van der Waals surface area contributed by atoms with Crippen LogP contribution in [0.5, 0.6) is 0 Å². The fourth-order valence-electron chi connectivity index (χ4n) is 3.28. The van der Waals surface area contributed by atoms with Crippen LogP contribution in [0, 0.1) is 11.3 Å². The van der Waals surface area contributed by atoms with Crippen molar-refractivity contribution in [1.82, 2.24) is 4.90 Å². The molecule has 1 saturated carbocycles. The van der Waals surface area contributed by atoms with Crippen molar-refractivity contribution >= 4 is 0 Å². The molecule has 2 nitrogen and oxygen atoms in total. The van der Waals surface area contributed by atoms with Crippen LogP contribution in [-0.2, 0) is 4.74 Å². The molecule has 2 unspecified atom stereocenters. The highest BCUT2D eigenvalue weighted by atomic mass is 16.5. The number of nitrogens with zero attached hydrogens (tertiary/aromatic N) is 1. The van der Waals surface area contributed by atoms with Gasteiger partial charge in [0.05, 0.1) is 12.2 Å². The molecule has 2 rings (SSSR count). The van der Waals surface area contributed by atoms with E-state index in [4.69, 9.17) is 4.74 Å². The van der Waals surface area contributed by atoms with Crippen LogP contribution in [0.1, 0.15) is 40.0 Å². The summed E-state index contributed by atoms with van der Waals surface area (Å²) in [5, 5.41) is 0. The number of hydrogen-bond acceptors (Lipinski definition) is 2. The zero-order chi connectivity index (χ0) is 11.1. The van der Waals surface area contributed by atoms with Crippen LogP contribution in [0.25, 0.3) is 0 Å². The Labute approximate surface area is 94.0 Å².